The predicted octanol–water partition coefficient (Wildman–Crippen LogP) is 0.414. The number of rotatable bonds is 8. The van der Waals surface area contributed by atoms with E-state index in [9.17, 15) is 4.79 Å². The van der Waals surface area contributed by atoms with Gasteiger partial charge < -0.3 is 23.8 Å². The number of quaternary nitrogens is 2. The fourth-order valence-corrected chi connectivity index (χ4v) is 5.32. The zero-order chi connectivity index (χ0) is 22.0. The van der Waals surface area contributed by atoms with Crippen molar-refractivity contribution in [2.24, 2.45) is 0 Å². The van der Waals surface area contributed by atoms with Crippen molar-refractivity contribution in [3.05, 3.63) is 52.3 Å². The Morgan fingerprint density at radius 1 is 1.16 bits per heavy atom. The highest BCUT2D eigenvalue weighted by Gasteiger charge is 2.27. The maximum atomic E-state index is 13.1. The second-order valence-electron chi connectivity index (χ2n) is 9.28. The Hall–Kier alpha value is -2.15. The summed E-state index contributed by atoms with van der Waals surface area (Å²) in [4.78, 5) is 16.1. The largest absolute Gasteiger partial charge is 0.493 e. The van der Waals surface area contributed by atoms with E-state index in [0.717, 1.165) is 68.5 Å². The fourth-order valence-electron chi connectivity index (χ4n) is 5.32. The first-order chi connectivity index (χ1) is 15.0. The second-order valence-corrected chi connectivity index (χ2v) is 9.28. The Morgan fingerprint density at radius 2 is 1.90 bits per heavy atom. The van der Waals surface area contributed by atoms with Gasteiger partial charge in [0.25, 0.3) is 0 Å². The maximum Gasteiger partial charge on any atom is 0.218 e. The van der Waals surface area contributed by atoms with Gasteiger partial charge in [-0.15, -0.1) is 0 Å². The van der Waals surface area contributed by atoms with Crippen LogP contribution in [0.15, 0.2) is 24.3 Å². The van der Waals surface area contributed by atoms with Gasteiger partial charge in [0.15, 0.2) is 0 Å². The van der Waals surface area contributed by atoms with E-state index in [2.05, 4.69) is 49.6 Å². The standard InChI is InChI=1S/C25H35N3O3/c1-18-13-23(20(3)28(18)19(2)17-30-4)24(29)16-27-10-8-26(9-11-27)15-21-5-6-25-22(14-21)7-12-31-25/h5-6,13-14,19H,7-12,15-17H2,1-4H3/p+2/t19-/m1/s1. The van der Waals surface area contributed by atoms with E-state index >= 15 is 0 Å². The summed E-state index contributed by atoms with van der Waals surface area (Å²) >= 11 is 0. The molecular weight excluding hydrogens is 390 g/mol. The van der Waals surface area contributed by atoms with Gasteiger partial charge >= 0.3 is 0 Å². The smallest absolute Gasteiger partial charge is 0.218 e. The first kappa shape index (κ1) is 22.1. The Balaban J connectivity index is 1.31. The molecule has 2 aliphatic heterocycles. The van der Waals surface area contributed by atoms with Crippen molar-refractivity contribution in [2.75, 3.05) is 53.0 Å². The summed E-state index contributed by atoms with van der Waals surface area (Å²) < 4.78 is 13.2. The van der Waals surface area contributed by atoms with Gasteiger partial charge in [-0.1, -0.05) is 0 Å². The molecule has 6 nitrogen and oxygen atoms in total. The summed E-state index contributed by atoms with van der Waals surface area (Å²) in [6, 6.07) is 8.94. The summed E-state index contributed by atoms with van der Waals surface area (Å²) in [7, 11) is 1.72. The number of benzene rings is 1. The Labute approximate surface area is 185 Å². The molecule has 0 amide bonds. The van der Waals surface area contributed by atoms with Gasteiger partial charge in [-0.3, -0.25) is 4.79 Å². The molecule has 4 rings (SSSR count). The number of ether oxygens (including phenoxy) is 2. The molecule has 2 aliphatic rings. The van der Waals surface area contributed by atoms with Crippen LogP contribution in [-0.4, -0.2) is 63.4 Å². The highest BCUT2D eigenvalue weighted by atomic mass is 16.5. The van der Waals surface area contributed by atoms with Gasteiger partial charge in [-0.2, -0.15) is 0 Å². The molecule has 0 radical (unpaired) electrons. The number of piperazine rings is 1. The molecule has 0 aliphatic carbocycles. The average Bonchev–Trinajstić information content (AvgIpc) is 3.33. The van der Waals surface area contributed by atoms with E-state index in [4.69, 9.17) is 9.47 Å². The lowest BCUT2D eigenvalue weighted by Gasteiger charge is -2.29. The van der Waals surface area contributed by atoms with Gasteiger partial charge in [-0.05, 0) is 50.6 Å². The van der Waals surface area contributed by atoms with Crippen molar-refractivity contribution >= 4 is 5.78 Å². The zero-order valence-electron chi connectivity index (χ0n) is 19.4. The number of ketones is 1. The highest BCUT2D eigenvalue weighted by Crippen LogP contribution is 2.25. The molecule has 1 saturated heterocycles. The molecule has 31 heavy (non-hydrogen) atoms. The van der Waals surface area contributed by atoms with Crippen molar-refractivity contribution in [3.63, 3.8) is 0 Å². The van der Waals surface area contributed by atoms with Crippen LogP contribution in [0.1, 0.15) is 45.8 Å². The number of carbonyl (C=O) groups excluding carboxylic acids is 1. The number of aromatic nitrogens is 1. The quantitative estimate of drug-likeness (QED) is 0.600. The Morgan fingerprint density at radius 3 is 2.65 bits per heavy atom. The third-order valence-electron chi connectivity index (χ3n) is 6.92. The molecule has 1 fully saturated rings. The van der Waals surface area contributed by atoms with Crippen LogP contribution in [0.3, 0.4) is 0 Å². The summed E-state index contributed by atoms with van der Waals surface area (Å²) in [5, 5.41) is 0. The number of hydrogen-bond donors (Lipinski definition) is 2. The predicted molar refractivity (Wildman–Crippen MR) is 120 cm³/mol. The van der Waals surface area contributed by atoms with Crippen LogP contribution in [0.5, 0.6) is 5.75 Å². The van der Waals surface area contributed by atoms with E-state index < -0.39 is 0 Å². The van der Waals surface area contributed by atoms with Gasteiger partial charge in [0.05, 0.1) is 19.3 Å². The average molecular weight is 428 g/mol. The number of nitrogens with zero attached hydrogens (tertiary/aromatic N) is 1. The first-order valence-electron chi connectivity index (χ1n) is 11.6. The lowest BCUT2D eigenvalue weighted by Crippen LogP contribution is -3.27. The van der Waals surface area contributed by atoms with Crippen molar-refractivity contribution in [1.82, 2.24) is 4.57 Å². The summed E-state index contributed by atoms with van der Waals surface area (Å²) in [5.41, 5.74) is 5.83. The van der Waals surface area contributed by atoms with E-state index in [1.54, 1.807) is 12.0 Å². The number of methoxy groups -OCH3 is 1. The number of aryl methyl sites for hydroxylation is 1. The van der Waals surface area contributed by atoms with E-state index in [1.165, 1.54) is 16.0 Å². The van der Waals surface area contributed by atoms with Crippen molar-refractivity contribution < 1.29 is 24.1 Å². The topological polar surface area (TPSA) is 49.3 Å². The zero-order valence-corrected chi connectivity index (χ0v) is 19.4. The molecule has 6 heteroatoms. The van der Waals surface area contributed by atoms with E-state index in [-0.39, 0.29) is 11.8 Å². The van der Waals surface area contributed by atoms with E-state index in [1.807, 2.05) is 0 Å². The fraction of sp³-hybridized carbons (Fsp3) is 0.560. The lowest BCUT2D eigenvalue weighted by atomic mass is 10.1. The number of nitrogens with one attached hydrogen (secondary N) is 2. The SMILES string of the molecule is COC[C@@H](C)n1c(C)cc(C(=O)C[NH+]2CC[NH+](Cc3ccc4c(c3)CCO4)CC2)c1C. The molecule has 1 aromatic heterocycles. The van der Waals surface area contributed by atoms with E-state index in [0.29, 0.717) is 13.2 Å². The van der Waals surface area contributed by atoms with Crippen molar-refractivity contribution in [1.29, 1.82) is 0 Å². The Kier molecular flexibility index (Phi) is 6.80. The molecule has 2 N–H and O–H groups in total. The minimum Gasteiger partial charge on any atom is -0.493 e. The molecule has 2 aromatic rings. The van der Waals surface area contributed by atoms with Gasteiger partial charge in [0, 0.05) is 36.0 Å². The summed E-state index contributed by atoms with van der Waals surface area (Å²) in [6.07, 6.45) is 1.03. The molecular formula is C25H37N3O3+2. The third-order valence-corrected chi connectivity index (χ3v) is 6.92. The number of Topliss-reactive ketones (excluding diaryl/α,β-unsaturated/α-hetero) is 1. The summed E-state index contributed by atoms with van der Waals surface area (Å²) in [5.74, 6) is 1.32. The number of carbonyl (C=O) groups is 1. The molecule has 0 unspecified atom stereocenters. The molecule has 0 saturated carbocycles. The lowest BCUT2D eigenvalue weighted by molar-refractivity contribution is -1.01. The van der Waals surface area contributed by atoms with Crippen LogP contribution in [-0.2, 0) is 17.7 Å². The van der Waals surface area contributed by atoms with Crippen LogP contribution >= 0.6 is 0 Å². The van der Waals surface area contributed by atoms with Crippen LogP contribution in [0.2, 0.25) is 0 Å². The minimum atomic E-state index is 0.233. The number of fused-ring (bicyclic) bond motifs is 1. The molecule has 0 bridgehead atoms. The van der Waals surface area contributed by atoms with Crippen LogP contribution in [0.25, 0.3) is 0 Å². The minimum absolute atomic E-state index is 0.233. The molecule has 1 aromatic carbocycles. The number of hydrogen-bond acceptors (Lipinski definition) is 3. The van der Waals surface area contributed by atoms with Gasteiger partial charge in [-0.25, -0.2) is 0 Å². The monoisotopic (exact) mass is 427 g/mol. The van der Waals surface area contributed by atoms with Crippen LogP contribution in [0.4, 0.5) is 0 Å². The van der Waals surface area contributed by atoms with Gasteiger partial charge in [0.1, 0.15) is 45.0 Å². The first-order valence-corrected chi connectivity index (χ1v) is 11.6. The van der Waals surface area contributed by atoms with Gasteiger partial charge in [0.2, 0.25) is 5.78 Å². The summed E-state index contributed by atoms with van der Waals surface area (Å²) in [6.45, 7) is 13.7. The van der Waals surface area contributed by atoms with Crippen LogP contribution < -0.4 is 14.5 Å². The van der Waals surface area contributed by atoms with Crippen LogP contribution in [0, 0.1) is 13.8 Å². The Bertz CT molecular complexity index is 928. The second kappa shape index (κ2) is 9.55. The third kappa shape index (κ3) is 4.86. The molecule has 0 spiro atoms. The molecule has 1 atom stereocenters. The maximum absolute atomic E-state index is 13.1. The van der Waals surface area contributed by atoms with Crippen molar-refractivity contribution in [3.8, 4) is 5.75 Å². The van der Waals surface area contributed by atoms with Crippen molar-refractivity contribution in [2.45, 2.75) is 39.8 Å². The molecule has 168 valence electrons. The molecule has 3 heterocycles. The highest BCUT2D eigenvalue weighted by molar-refractivity contribution is 5.98. The normalized spacial score (nSPS) is 21.5.